The smallest absolute Gasteiger partial charge is 0.219 e. The fourth-order valence-corrected chi connectivity index (χ4v) is 2.24. The second-order valence-corrected chi connectivity index (χ2v) is 4.98. The Morgan fingerprint density at radius 1 is 1.43 bits per heavy atom. The lowest BCUT2D eigenvalue weighted by molar-refractivity contribution is 0.573. The largest absolute Gasteiger partial charge is 0.461 e. The molecule has 0 spiro atoms. The molecule has 0 aliphatic rings. The van der Waals surface area contributed by atoms with E-state index in [0.717, 1.165) is 17.0 Å². The molecular formula is C13H14N6OS. The van der Waals surface area contributed by atoms with E-state index in [2.05, 4.69) is 20.4 Å². The first-order valence-corrected chi connectivity index (χ1v) is 6.74. The topological polar surface area (TPSA) is 76.9 Å². The summed E-state index contributed by atoms with van der Waals surface area (Å²) in [4.78, 5) is 0. The maximum Gasteiger partial charge on any atom is 0.219 e. The van der Waals surface area contributed by atoms with Crippen LogP contribution in [0.3, 0.4) is 0 Å². The summed E-state index contributed by atoms with van der Waals surface area (Å²) in [5, 5.41) is 15.6. The van der Waals surface area contributed by atoms with Crippen molar-refractivity contribution >= 4 is 18.4 Å². The minimum absolute atomic E-state index is 0.400. The van der Waals surface area contributed by atoms with Gasteiger partial charge in [-0.1, -0.05) is 0 Å². The van der Waals surface area contributed by atoms with E-state index in [4.69, 9.17) is 16.6 Å². The molecule has 7 nitrogen and oxygen atoms in total. The number of nitrogens with one attached hydrogen (secondary N) is 1. The van der Waals surface area contributed by atoms with Gasteiger partial charge in [0.05, 0.1) is 18.2 Å². The molecule has 108 valence electrons. The second kappa shape index (κ2) is 5.13. The van der Waals surface area contributed by atoms with Gasteiger partial charge in [-0.3, -0.25) is 4.68 Å². The Bertz CT molecular complexity index is 852. The number of aryl methyl sites for hydroxylation is 2. The van der Waals surface area contributed by atoms with E-state index < -0.39 is 0 Å². The molecule has 8 heteroatoms. The SMILES string of the molecule is Cc1nn(C)c(C)c1C=Nn1c(-c2ccco2)n[nH]c1=S. The summed E-state index contributed by atoms with van der Waals surface area (Å²) in [6, 6.07) is 3.59. The van der Waals surface area contributed by atoms with Gasteiger partial charge in [0.15, 0.2) is 5.76 Å². The number of hydrogen-bond acceptors (Lipinski definition) is 5. The molecule has 0 saturated heterocycles. The highest BCUT2D eigenvalue weighted by Crippen LogP contribution is 2.17. The molecule has 21 heavy (non-hydrogen) atoms. The fourth-order valence-electron chi connectivity index (χ4n) is 2.06. The van der Waals surface area contributed by atoms with Crippen molar-refractivity contribution in [2.45, 2.75) is 13.8 Å². The molecule has 0 unspecified atom stereocenters. The number of rotatable bonds is 3. The summed E-state index contributed by atoms with van der Waals surface area (Å²) in [5.41, 5.74) is 2.91. The van der Waals surface area contributed by atoms with E-state index >= 15 is 0 Å². The lowest BCUT2D eigenvalue weighted by Crippen LogP contribution is -1.96. The van der Waals surface area contributed by atoms with E-state index in [9.17, 15) is 0 Å². The van der Waals surface area contributed by atoms with E-state index in [1.807, 2.05) is 25.6 Å². The second-order valence-electron chi connectivity index (χ2n) is 4.59. The van der Waals surface area contributed by atoms with E-state index in [-0.39, 0.29) is 0 Å². The first kappa shape index (κ1) is 13.5. The van der Waals surface area contributed by atoms with Crippen molar-refractivity contribution in [3.8, 4) is 11.6 Å². The zero-order valence-electron chi connectivity index (χ0n) is 11.9. The van der Waals surface area contributed by atoms with Gasteiger partial charge in [0.1, 0.15) is 0 Å². The highest BCUT2D eigenvalue weighted by Gasteiger charge is 2.11. The van der Waals surface area contributed by atoms with Crippen LogP contribution in [-0.2, 0) is 7.05 Å². The molecule has 0 radical (unpaired) electrons. The average molecular weight is 302 g/mol. The molecule has 3 heterocycles. The number of furan rings is 1. The molecule has 0 aliphatic carbocycles. The van der Waals surface area contributed by atoms with Crippen LogP contribution in [-0.4, -0.2) is 30.9 Å². The Balaban J connectivity index is 2.05. The van der Waals surface area contributed by atoms with Crippen LogP contribution < -0.4 is 0 Å². The van der Waals surface area contributed by atoms with Gasteiger partial charge in [0.25, 0.3) is 0 Å². The van der Waals surface area contributed by atoms with Gasteiger partial charge < -0.3 is 4.42 Å². The summed E-state index contributed by atoms with van der Waals surface area (Å²) in [6.07, 6.45) is 3.31. The molecule has 3 aromatic rings. The Kier molecular flexibility index (Phi) is 3.30. The van der Waals surface area contributed by atoms with Crippen LogP contribution in [0.5, 0.6) is 0 Å². The van der Waals surface area contributed by atoms with Gasteiger partial charge in [0, 0.05) is 18.3 Å². The quantitative estimate of drug-likeness (QED) is 0.595. The molecule has 0 fully saturated rings. The predicted octanol–water partition coefficient (Wildman–Crippen LogP) is 2.43. The van der Waals surface area contributed by atoms with Gasteiger partial charge in [0.2, 0.25) is 10.6 Å². The molecule has 1 N–H and O–H groups in total. The minimum atomic E-state index is 0.400. The fraction of sp³-hybridized carbons (Fsp3) is 0.231. The third-order valence-electron chi connectivity index (χ3n) is 3.26. The maximum absolute atomic E-state index is 5.34. The molecule has 0 saturated carbocycles. The van der Waals surface area contributed by atoms with Crippen molar-refractivity contribution in [1.29, 1.82) is 0 Å². The Hall–Kier alpha value is -2.48. The first-order chi connectivity index (χ1) is 10.1. The highest BCUT2D eigenvalue weighted by atomic mass is 32.1. The third kappa shape index (κ3) is 2.33. The molecule has 0 bridgehead atoms. The molecule has 0 amide bonds. The van der Waals surface area contributed by atoms with Gasteiger partial charge >= 0.3 is 0 Å². The molecular weight excluding hydrogens is 288 g/mol. The lowest BCUT2D eigenvalue weighted by atomic mass is 10.2. The number of hydrogen-bond donors (Lipinski definition) is 1. The molecule has 3 rings (SSSR count). The average Bonchev–Trinajstić information content (AvgIpc) is 3.13. The minimum Gasteiger partial charge on any atom is -0.461 e. The number of aromatic nitrogens is 5. The van der Waals surface area contributed by atoms with Crippen molar-refractivity contribution in [1.82, 2.24) is 24.7 Å². The molecule has 0 aromatic carbocycles. The summed E-state index contributed by atoms with van der Waals surface area (Å²) in [7, 11) is 1.90. The summed E-state index contributed by atoms with van der Waals surface area (Å²) in [6.45, 7) is 3.93. The van der Waals surface area contributed by atoms with Crippen LogP contribution >= 0.6 is 12.2 Å². The van der Waals surface area contributed by atoms with E-state index in [1.54, 1.807) is 24.6 Å². The predicted molar refractivity (Wildman–Crippen MR) is 80.8 cm³/mol. The first-order valence-electron chi connectivity index (χ1n) is 6.34. The third-order valence-corrected chi connectivity index (χ3v) is 3.52. The Labute approximate surface area is 125 Å². The van der Waals surface area contributed by atoms with Crippen molar-refractivity contribution in [3.63, 3.8) is 0 Å². The monoisotopic (exact) mass is 302 g/mol. The van der Waals surface area contributed by atoms with Crippen molar-refractivity contribution < 1.29 is 4.42 Å². The Morgan fingerprint density at radius 2 is 2.24 bits per heavy atom. The maximum atomic E-state index is 5.34. The van der Waals surface area contributed by atoms with Crippen LogP contribution in [0.15, 0.2) is 27.9 Å². The number of nitrogens with zero attached hydrogens (tertiary/aromatic N) is 5. The van der Waals surface area contributed by atoms with Gasteiger partial charge in [-0.05, 0) is 38.2 Å². The summed E-state index contributed by atoms with van der Waals surface area (Å²) in [5.74, 6) is 1.12. The standard InChI is InChI=1S/C13H14N6OS/c1-8-10(9(2)18(3)17-8)7-14-19-12(15-16-13(19)21)11-5-4-6-20-11/h4-7H,1-3H3,(H,16,21). The van der Waals surface area contributed by atoms with Crippen molar-refractivity contribution in [3.05, 3.63) is 40.1 Å². The van der Waals surface area contributed by atoms with E-state index in [1.165, 1.54) is 4.68 Å². The van der Waals surface area contributed by atoms with E-state index in [0.29, 0.717) is 16.4 Å². The molecule has 0 aliphatic heterocycles. The normalized spacial score (nSPS) is 11.6. The van der Waals surface area contributed by atoms with Crippen molar-refractivity contribution in [2.24, 2.45) is 12.1 Å². The highest BCUT2D eigenvalue weighted by molar-refractivity contribution is 7.71. The van der Waals surface area contributed by atoms with Gasteiger partial charge in [-0.2, -0.15) is 14.9 Å². The zero-order valence-corrected chi connectivity index (χ0v) is 12.7. The lowest BCUT2D eigenvalue weighted by Gasteiger charge is -1.98. The number of aromatic amines is 1. The summed E-state index contributed by atoms with van der Waals surface area (Å²) < 4.78 is 9.08. The van der Waals surface area contributed by atoms with Crippen LogP contribution in [0, 0.1) is 18.6 Å². The van der Waals surface area contributed by atoms with Gasteiger partial charge in [-0.15, -0.1) is 5.10 Å². The van der Waals surface area contributed by atoms with Crippen LogP contribution in [0.25, 0.3) is 11.6 Å². The molecule has 3 aromatic heterocycles. The van der Waals surface area contributed by atoms with Crippen molar-refractivity contribution in [2.75, 3.05) is 0 Å². The van der Waals surface area contributed by atoms with Crippen LogP contribution in [0.4, 0.5) is 0 Å². The Morgan fingerprint density at radius 3 is 2.86 bits per heavy atom. The number of H-pyrrole nitrogens is 1. The van der Waals surface area contributed by atoms with Gasteiger partial charge in [-0.25, -0.2) is 5.10 Å². The van der Waals surface area contributed by atoms with Crippen LogP contribution in [0.2, 0.25) is 0 Å². The summed E-state index contributed by atoms with van der Waals surface area (Å²) >= 11 is 5.20. The van der Waals surface area contributed by atoms with Crippen LogP contribution in [0.1, 0.15) is 17.0 Å². The zero-order chi connectivity index (χ0) is 15.0. The molecule has 0 atom stereocenters.